The Balaban J connectivity index is 3.81. The quantitative estimate of drug-likeness (QED) is 0.491. The molecule has 4 heteroatoms. The monoisotopic (exact) mass is 149 g/mol. The van der Waals surface area contributed by atoms with Crippen LogP contribution in [-0.4, -0.2) is 23.9 Å². The first-order chi connectivity index (χ1) is 4.33. The molecule has 0 unspecified atom stereocenters. The normalized spacial score (nSPS) is 10.9. The van der Waals surface area contributed by atoms with E-state index in [0.717, 1.165) is 7.05 Å². The Morgan fingerprint density at radius 3 is 2.00 bits per heavy atom. The van der Waals surface area contributed by atoms with Gasteiger partial charge in [-0.3, -0.25) is 0 Å². The van der Waals surface area contributed by atoms with E-state index in [1.54, 1.807) is 20.8 Å². The number of nitrogens with zero attached hydrogens (tertiary/aromatic N) is 1. The molecule has 0 saturated carbocycles. The van der Waals surface area contributed by atoms with Crippen LogP contribution in [0.5, 0.6) is 0 Å². The highest BCUT2D eigenvalue weighted by Crippen LogP contribution is 2.08. The fourth-order valence-corrected chi connectivity index (χ4v) is 0.325. The molecule has 0 heterocycles. The summed E-state index contributed by atoms with van der Waals surface area (Å²) in [6.07, 6.45) is -0.965. The Hall–Kier alpha value is -0.800. The predicted octanol–water partition coefficient (Wildman–Crippen LogP) is 1.74. The highest BCUT2D eigenvalue weighted by molar-refractivity contribution is 5.66. The summed E-state index contributed by atoms with van der Waals surface area (Å²) in [4.78, 5) is 10.5. The number of carbonyl (C=O) groups excluding carboxylic acids is 1. The van der Waals surface area contributed by atoms with Gasteiger partial charge in [0.15, 0.2) is 0 Å². The van der Waals surface area contributed by atoms with Gasteiger partial charge in [-0.25, -0.2) is 4.79 Å². The van der Waals surface area contributed by atoms with Crippen molar-refractivity contribution in [3.8, 4) is 0 Å². The molecule has 0 saturated heterocycles. The SMILES string of the molecule is CN(F)C(=O)OC(C)(C)C. The van der Waals surface area contributed by atoms with Crippen LogP contribution in [0.15, 0.2) is 0 Å². The third-order valence-electron chi connectivity index (χ3n) is 0.645. The predicted molar refractivity (Wildman–Crippen MR) is 35.1 cm³/mol. The summed E-state index contributed by atoms with van der Waals surface area (Å²) in [6.45, 7) is 5.03. The Morgan fingerprint density at radius 1 is 1.50 bits per heavy atom. The number of hydrogen-bond donors (Lipinski definition) is 0. The Morgan fingerprint density at radius 2 is 1.90 bits per heavy atom. The van der Waals surface area contributed by atoms with E-state index in [0.29, 0.717) is 0 Å². The number of halogens is 1. The first kappa shape index (κ1) is 9.20. The van der Waals surface area contributed by atoms with Crippen molar-refractivity contribution < 1.29 is 14.0 Å². The molecule has 0 aliphatic heterocycles. The zero-order valence-corrected chi connectivity index (χ0v) is 6.64. The summed E-state index contributed by atoms with van der Waals surface area (Å²) >= 11 is 0. The van der Waals surface area contributed by atoms with E-state index in [-0.39, 0.29) is 5.12 Å². The van der Waals surface area contributed by atoms with Crippen molar-refractivity contribution in [2.45, 2.75) is 26.4 Å². The van der Waals surface area contributed by atoms with Crippen LogP contribution < -0.4 is 0 Å². The molecule has 1 amide bonds. The third kappa shape index (κ3) is 4.12. The summed E-state index contributed by atoms with van der Waals surface area (Å²) in [5.41, 5.74) is -0.628. The van der Waals surface area contributed by atoms with Crippen LogP contribution in [0.1, 0.15) is 20.8 Å². The lowest BCUT2D eigenvalue weighted by Gasteiger charge is -2.20. The van der Waals surface area contributed by atoms with Crippen LogP contribution in [-0.2, 0) is 4.74 Å². The van der Waals surface area contributed by atoms with Crippen molar-refractivity contribution in [3.05, 3.63) is 0 Å². The van der Waals surface area contributed by atoms with E-state index in [1.165, 1.54) is 0 Å². The first-order valence-electron chi connectivity index (χ1n) is 2.95. The topological polar surface area (TPSA) is 29.5 Å². The fraction of sp³-hybridized carbons (Fsp3) is 0.833. The summed E-state index contributed by atoms with van der Waals surface area (Å²) in [6, 6.07) is 0. The lowest BCUT2D eigenvalue weighted by Crippen LogP contribution is -2.29. The number of ether oxygens (including phenoxy) is 1. The average Bonchev–Trinajstić information content (AvgIpc) is 1.60. The molecule has 10 heavy (non-hydrogen) atoms. The zero-order valence-electron chi connectivity index (χ0n) is 6.64. The number of rotatable bonds is 0. The second-order valence-electron chi connectivity index (χ2n) is 2.96. The van der Waals surface area contributed by atoms with Gasteiger partial charge in [-0.1, -0.05) is 4.48 Å². The van der Waals surface area contributed by atoms with E-state index in [9.17, 15) is 9.28 Å². The van der Waals surface area contributed by atoms with Crippen molar-refractivity contribution in [2.75, 3.05) is 7.05 Å². The summed E-state index contributed by atoms with van der Waals surface area (Å²) in [5.74, 6) is 0. The molecule has 0 rings (SSSR count). The van der Waals surface area contributed by atoms with Gasteiger partial charge in [-0.15, -0.1) is 5.12 Å². The number of carbonyl (C=O) groups is 1. The van der Waals surface area contributed by atoms with Crippen molar-refractivity contribution in [2.24, 2.45) is 0 Å². The maximum Gasteiger partial charge on any atom is 0.438 e. The Bertz CT molecular complexity index is 128. The van der Waals surface area contributed by atoms with Crippen molar-refractivity contribution in [1.29, 1.82) is 0 Å². The highest BCUT2D eigenvalue weighted by Gasteiger charge is 2.18. The molecule has 0 aromatic heterocycles. The summed E-state index contributed by atoms with van der Waals surface area (Å²) in [5, 5.41) is -0.0920. The van der Waals surface area contributed by atoms with E-state index in [1.807, 2.05) is 0 Å². The molecule has 0 aromatic carbocycles. The standard InChI is InChI=1S/C6H12FNO2/c1-6(2,3)10-5(9)8(4)7/h1-4H3. The summed E-state index contributed by atoms with van der Waals surface area (Å²) in [7, 11) is 0.994. The molecule has 0 fully saturated rings. The lowest BCUT2D eigenvalue weighted by atomic mass is 10.2. The molecule has 0 aromatic rings. The van der Waals surface area contributed by atoms with Gasteiger partial charge < -0.3 is 4.74 Å². The molecular weight excluding hydrogens is 137 g/mol. The maximum atomic E-state index is 12.0. The van der Waals surface area contributed by atoms with Crippen LogP contribution in [0.4, 0.5) is 9.28 Å². The van der Waals surface area contributed by atoms with Crippen LogP contribution in [0.25, 0.3) is 0 Å². The number of hydrogen-bond acceptors (Lipinski definition) is 2. The molecule has 0 atom stereocenters. The second-order valence-corrected chi connectivity index (χ2v) is 2.96. The third-order valence-corrected chi connectivity index (χ3v) is 0.645. The molecule has 0 aliphatic carbocycles. The number of amides is 1. The zero-order chi connectivity index (χ0) is 8.36. The van der Waals surface area contributed by atoms with Crippen molar-refractivity contribution in [3.63, 3.8) is 0 Å². The van der Waals surface area contributed by atoms with Gasteiger partial charge in [0.2, 0.25) is 0 Å². The first-order valence-corrected chi connectivity index (χ1v) is 2.95. The average molecular weight is 149 g/mol. The molecule has 0 N–H and O–H groups in total. The Kier molecular flexibility index (Phi) is 2.63. The molecule has 0 radical (unpaired) electrons. The van der Waals surface area contributed by atoms with E-state index >= 15 is 0 Å². The van der Waals surface area contributed by atoms with Crippen LogP contribution in [0, 0.1) is 0 Å². The largest absolute Gasteiger partial charge is 0.442 e. The molecule has 3 nitrogen and oxygen atoms in total. The second kappa shape index (κ2) is 2.86. The van der Waals surface area contributed by atoms with Gasteiger partial charge >= 0.3 is 6.09 Å². The molecule has 0 spiro atoms. The minimum Gasteiger partial charge on any atom is -0.442 e. The van der Waals surface area contributed by atoms with Crippen LogP contribution in [0.3, 0.4) is 0 Å². The molecule has 0 bridgehead atoms. The minimum atomic E-state index is -0.965. The van der Waals surface area contributed by atoms with Crippen LogP contribution in [0.2, 0.25) is 0 Å². The molecule has 60 valence electrons. The van der Waals surface area contributed by atoms with Gasteiger partial charge in [0.1, 0.15) is 5.60 Å². The van der Waals surface area contributed by atoms with Gasteiger partial charge in [0.25, 0.3) is 0 Å². The summed E-state index contributed by atoms with van der Waals surface area (Å²) < 4.78 is 16.6. The van der Waals surface area contributed by atoms with Crippen molar-refractivity contribution in [1.82, 2.24) is 5.12 Å². The van der Waals surface area contributed by atoms with E-state index in [2.05, 4.69) is 4.74 Å². The maximum absolute atomic E-state index is 12.0. The van der Waals surface area contributed by atoms with Gasteiger partial charge in [-0.05, 0) is 20.8 Å². The van der Waals surface area contributed by atoms with Gasteiger partial charge in [0, 0.05) is 7.05 Å². The minimum absolute atomic E-state index is 0.0920. The van der Waals surface area contributed by atoms with Gasteiger partial charge in [-0.2, -0.15) is 0 Å². The fourth-order valence-electron chi connectivity index (χ4n) is 0.325. The van der Waals surface area contributed by atoms with E-state index in [4.69, 9.17) is 0 Å². The van der Waals surface area contributed by atoms with Crippen molar-refractivity contribution >= 4 is 6.09 Å². The highest BCUT2D eigenvalue weighted by atomic mass is 19.2. The smallest absolute Gasteiger partial charge is 0.438 e. The molecular formula is C6H12FNO2. The van der Waals surface area contributed by atoms with Gasteiger partial charge in [0.05, 0.1) is 0 Å². The Labute approximate surface area is 59.7 Å². The lowest BCUT2D eigenvalue weighted by molar-refractivity contribution is -0.0177. The molecule has 0 aliphatic rings. The van der Waals surface area contributed by atoms with E-state index < -0.39 is 11.7 Å². The van der Waals surface area contributed by atoms with Crippen LogP contribution >= 0.6 is 0 Å².